The Morgan fingerprint density at radius 1 is 1.41 bits per heavy atom. The second kappa shape index (κ2) is 7.49. The lowest BCUT2D eigenvalue weighted by Gasteiger charge is -2.23. The second-order valence-electron chi connectivity index (χ2n) is 5.44. The standard InChI is InChI=1S/C16H20ClNO4/c1-11-12(16(20)21)8-9-18(11)15(19)7-4-10-22-14-6-3-2-5-13(14)17/h2-3,5-6,11-12H,4,7-10H2,1H3,(H,20,21). The molecule has 2 unspecified atom stereocenters. The SMILES string of the molecule is CC1C(C(=O)O)CCN1C(=O)CCCOc1ccccc1Cl. The van der Waals surface area contributed by atoms with Gasteiger partial charge in [-0.15, -0.1) is 0 Å². The molecule has 1 saturated heterocycles. The number of carboxylic acid groups (broad SMARTS) is 1. The quantitative estimate of drug-likeness (QED) is 0.817. The van der Waals surface area contributed by atoms with Gasteiger partial charge in [-0.2, -0.15) is 0 Å². The molecule has 6 heteroatoms. The lowest BCUT2D eigenvalue weighted by Crippen LogP contribution is -2.37. The van der Waals surface area contributed by atoms with E-state index in [9.17, 15) is 9.59 Å². The summed E-state index contributed by atoms with van der Waals surface area (Å²) in [4.78, 5) is 24.9. The third-order valence-electron chi connectivity index (χ3n) is 4.02. The maximum atomic E-state index is 12.2. The molecule has 0 saturated carbocycles. The Kier molecular flexibility index (Phi) is 5.66. The number of hydrogen-bond donors (Lipinski definition) is 1. The van der Waals surface area contributed by atoms with Crippen LogP contribution in [0.25, 0.3) is 0 Å². The Hall–Kier alpha value is -1.75. The van der Waals surface area contributed by atoms with E-state index in [0.29, 0.717) is 43.2 Å². The predicted molar refractivity (Wildman–Crippen MR) is 83.1 cm³/mol. The maximum Gasteiger partial charge on any atom is 0.308 e. The summed E-state index contributed by atoms with van der Waals surface area (Å²) in [5, 5.41) is 9.63. The molecule has 5 nitrogen and oxygen atoms in total. The molecule has 2 atom stereocenters. The van der Waals surface area contributed by atoms with E-state index in [4.69, 9.17) is 21.4 Å². The molecule has 1 aliphatic heterocycles. The van der Waals surface area contributed by atoms with Gasteiger partial charge in [-0.1, -0.05) is 23.7 Å². The smallest absolute Gasteiger partial charge is 0.308 e. The van der Waals surface area contributed by atoms with Crippen LogP contribution in [-0.4, -0.2) is 41.1 Å². The minimum absolute atomic E-state index is 0.0148. The highest BCUT2D eigenvalue weighted by Crippen LogP contribution is 2.26. The number of rotatable bonds is 6. The number of ether oxygens (including phenoxy) is 1. The fourth-order valence-corrected chi connectivity index (χ4v) is 2.92. The van der Waals surface area contributed by atoms with Crippen LogP contribution in [0.1, 0.15) is 26.2 Å². The van der Waals surface area contributed by atoms with Gasteiger partial charge in [0.1, 0.15) is 5.75 Å². The topological polar surface area (TPSA) is 66.8 Å². The molecule has 1 N–H and O–H groups in total. The van der Waals surface area contributed by atoms with Gasteiger partial charge in [0.15, 0.2) is 0 Å². The zero-order valence-corrected chi connectivity index (χ0v) is 13.3. The Labute approximate surface area is 134 Å². The second-order valence-corrected chi connectivity index (χ2v) is 5.85. The van der Waals surface area contributed by atoms with E-state index in [2.05, 4.69) is 0 Å². The van der Waals surface area contributed by atoms with Crippen molar-refractivity contribution < 1.29 is 19.4 Å². The lowest BCUT2D eigenvalue weighted by atomic mass is 10.0. The van der Waals surface area contributed by atoms with Gasteiger partial charge in [-0.05, 0) is 31.9 Å². The number of carbonyl (C=O) groups excluding carboxylic acids is 1. The average Bonchev–Trinajstić information content (AvgIpc) is 2.87. The minimum atomic E-state index is -0.829. The number of benzene rings is 1. The molecule has 0 bridgehead atoms. The van der Waals surface area contributed by atoms with Crippen LogP contribution in [0.5, 0.6) is 5.75 Å². The monoisotopic (exact) mass is 325 g/mol. The highest BCUT2D eigenvalue weighted by molar-refractivity contribution is 6.32. The predicted octanol–water partition coefficient (Wildman–Crippen LogP) is 2.82. The number of carboxylic acids is 1. The summed E-state index contributed by atoms with van der Waals surface area (Å²) < 4.78 is 5.54. The van der Waals surface area contributed by atoms with E-state index in [1.54, 1.807) is 24.0 Å². The first-order valence-electron chi connectivity index (χ1n) is 7.40. The lowest BCUT2D eigenvalue weighted by molar-refractivity contribution is -0.143. The third kappa shape index (κ3) is 3.91. The first-order valence-corrected chi connectivity index (χ1v) is 7.78. The number of nitrogens with zero attached hydrogens (tertiary/aromatic N) is 1. The van der Waals surface area contributed by atoms with Gasteiger partial charge in [0, 0.05) is 19.0 Å². The van der Waals surface area contributed by atoms with Crippen molar-refractivity contribution in [3.05, 3.63) is 29.3 Å². The number of likely N-dealkylation sites (tertiary alicyclic amines) is 1. The first-order chi connectivity index (χ1) is 10.5. The van der Waals surface area contributed by atoms with Crippen LogP contribution in [0.15, 0.2) is 24.3 Å². The molecule has 0 spiro atoms. The molecule has 22 heavy (non-hydrogen) atoms. The molecule has 1 aromatic carbocycles. The number of hydrogen-bond acceptors (Lipinski definition) is 3. The van der Waals surface area contributed by atoms with E-state index >= 15 is 0 Å². The molecule has 2 rings (SSSR count). The van der Waals surface area contributed by atoms with Gasteiger partial charge >= 0.3 is 5.97 Å². The van der Waals surface area contributed by atoms with Crippen molar-refractivity contribution >= 4 is 23.5 Å². The summed E-state index contributed by atoms with van der Waals surface area (Å²) in [6, 6.07) is 6.95. The van der Waals surface area contributed by atoms with Crippen molar-refractivity contribution in [2.24, 2.45) is 5.92 Å². The van der Waals surface area contributed by atoms with Gasteiger partial charge in [0.2, 0.25) is 5.91 Å². The van der Waals surface area contributed by atoms with Gasteiger partial charge in [-0.3, -0.25) is 9.59 Å². The number of amides is 1. The molecular weight excluding hydrogens is 306 g/mol. The van der Waals surface area contributed by atoms with Crippen molar-refractivity contribution in [2.75, 3.05) is 13.2 Å². The molecule has 1 amide bonds. The maximum absolute atomic E-state index is 12.2. The Bertz CT molecular complexity index is 549. The van der Waals surface area contributed by atoms with Gasteiger partial charge in [-0.25, -0.2) is 0 Å². The van der Waals surface area contributed by atoms with Crippen molar-refractivity contribution in [3.63, 3.8) is 0 Å². The number of carbonyl (C=O) groups is 2. The van der Waals surface area contributed by atoms with Crippen LogP contribution in [-0.2, 0) is 9.59 Å². The van der Waals surface area contributed by atoms with E-state index in [0.717, 1.165) is 0 Å². The molecule has 1 heterocycles. The normalized spacial score (nSPS) is 20.9. The van der Waals surface area contributed by atoms with E-state index in [1.165, 1.54) is 0 Å². The van der Waals surface area contributed by atoms with E-state index < -0.39 is 11.9 Å². The highest BCUT2D eigenvalue weighted by atomic mass is 35.5. The summed E-state index contributed by atoms with van der Waals surface area (Å²) in [5.74, 6) is -0.690. The largest absolute Gasteiger partial charge is 0.492 e. The summed E-state index contributed by atoms with van der Waals surface area (Å²) in [5.41, 5.74) is 0. The van der Waals surface area contributed by atoms with E-state index in [1.807, 2.05) is 12.1 Å². The Morgan fingerprint density at radius 2 is 2.14 bits per heavy atom. The van der Waals surface area contributed by atoms with Crippen LogP contribution in [0.2, 0.25) is 5.02 Å². The van der Waals surface area contributed by atoms with Crippen molar-refractivity contribution in [1.82, 2.24) is 4.90 Å². The third-order valence-corrected chi connectivity index (χ3v) is 4.33. The zero-order valence-electron chi connectivity index (χ0n) is 12.5. The van der Waals surface area contributed by atoms with Crippen molar-refractivity contribution in [1.29, 1.82) is 0 Å². The molecule has 0 aromatic heterocycles. The van der Waals surface area contributed by atoms with Crippen LogP contribution in [0, 0.1) is 5.92 Å². The molecule has 1 fully saturated rings. The van der Waals surface area contributed by atoms with Gasteiger partial charge < -0.3 is 14.7 Å². The van der Waals surface area contributed by atoms with Gasteiger partial charge in [0.25, 0.3) is 0 Å². The van der Waals surface area contributed by atoms with Crippen LogP contribution >= 0.6 is 11.6 Å². The fraction of sp³-hybridized carbons (Fsp3) is 0.500. The Morgan fingerprint density at radius 3 is 2.77 bits per heavy atom. The molecule has 0 aliphatic carbocycles. The summed E-state index contributed by atoms with van der Waals surface area (Å²) in [6.07, 6.45) is 1.45. The number of aliphatic carboxylic acids is 1. The highest BCUT2D eigenvalue weighted by Gasteiger charge is 2.37. The van der Waals surface area contributed by atoms with Gasteiger partial charge in [0.05, 0.1) is 17.5 Å². The molecule has 1 aromatic rings. The van der Waals surface area contributed by atoms with Crippen LogP contribution in [0.3, 0.4) is 0 Å². The van der Waals surface area contributed by atoms with Crippen molar-refractivity contribution in [3.8, 4) is 5.75 Å². The summed E-state index contributed by atoms with van der Waals surface area (Å²) in [6.45, 7) is 2.71. The van der Waals surface area contributed by atoms with Crippen LogP contribution < -0.4 is 4.74 Å². The van der Waals surface area contributed by atoms with Crippen LogP contribution in [0.4, 0.5) is 0 Å². The first kappa shape index (κ1) is 16.6. The molecule has 120 valence electrons. The molecule has 0 radical (unpaired) electrons. The molecule has 1 aliphatic rings. The number of halogens is 1. The summed E-state index contributed by atoms with van der Waals surface area (Å²) >= 11 is 5.98. The fourth-order valence-electron chi connectivity index (χ4n) is 2.73. The van der Waals surface area contributed by atoms with E-state index in [-0.39, 0.29) is 11.9 Å². The van der Waals surface area contributed by atoms with Crippen molar-refractivity contribution in [2.45, 2.75) is 32.2 Å². The number of para-hydroxylation sites is 1. The summed E-state index contributed by atoms with van der Waals surface area (Å²) in [7, 11) is 0. The average molecular weight is 326 g/mol. The minimum Gasteiger partial charge on any atom is -0.492 e. The molecular formula is C16H20ClNO4. The Balaban J connectivity index is 1.75. The zero-order chi connectivity index (χ0) is 16.1.